The van der Waals surface area contributed by atoms with Gasteiger partial charge in [-0.25, -0.2) is 5.43 Å². The van der Waals surface area contributed by atoms with E-state index in [2.05, 4.69) is 10.5 Å². The molecule has 0 unspecified atom stereocenters. The summed E-state index contributed by atoms with van der Waals surface area (Å²) in [6, 6.07) is 11.9. The van der Waals surface area contributed by atoms with Gasteiger partial charge >= 0.3 is 6.18 Å². The van der Waals surface area contributed by atoms with E-state index in [0.29, 0.717) is 0 Å². The van der Waals surface area contributed by atoms with Gasteiger partial charge in [0.25, 0.3) is 5.91 Å². The molecule has 0 saturated carbocycles. The summed E-state index contributed by atoms with van der Waals surface area (Å²) >= 11 is 1.61. The second-order valence-corrected chi connectivity index (χ2v) is 5.76. The quantitative estimate of drug-likeness (QED) is 0.477. The Hall–Kier alpha value is -2.48. The van der Waals surface area contributed by atoms with Crippen molar-refractivity contribution >= 4 is 23.9 Å². The van der Waals surface area contributed by atoms with Gasteiger partial charge in [-0.2, -0.15) is 18.3 Å². The molecule has 0 aliphatic carbocycles. The number of hydrazone groups is 1. The Morgan fingerprint density at radius 3 is 2.60 bits per heavy atom. The lowest BCUT2D eigenvalue weighted by atomic mass is 10.2. The predicted molar refractivity (Wildman–Crippen MR) is 90.9 cm³/mol. The second kappa shape index (κ2) is 8.57. The Balaban J connectivity index is 1.83. The van der Waals surface area contributed by atoms with Crippen LogP contribution in [0.15, 0.2) is 58.5 Å². The van der Waals surface area contributed by atoms with Crippen LogP contribution in [0.25, 0.3) is 0 Å². The molecular weight excluding hydrogens is 353 g/mol. The number of nitrogens with zero attached hydrogens (tertiary/aromatic N) is 1. The monoisotopic (exact) mass is 368 g/mol. The molecule has 0 aliphatic heterocycles. The van der Waals surface area contributed by atoms with Gasteiger partial charge in [-0.1, -0.05) is 18.2 Å². The van der Waals surface area contributed by atoms with Crippen molar-refractivity contribution < 1.29 is 22.7 Å². The van der Waals surface area contributed by atoms with Crippen molar-refractivity contribution in [3.63, 3.8) is 0 Å². The van der Waals surface area contributed by atoms with E-state index in [4.69, 9.17) is 4.74 Å². The first-order chi connectivity index (χ1) is 11.9. The number of benzene rings is 2. The van der Waals surface area contributed by atoms with Crippen molar-refractivity contribution in [1.29, 1.82) is 0 Å². The highest BCUT2D eigenvalue weighted by atomic mass is 32.2. The number of nitrogens with one attached hydrogen (secondary N) is 1. The van der Waals surface area contributed by atoms with Gasteiger partial charge in [0, 0.05) is 4.90 Å². The Morgan fingerprint density at radius 2 is 1.96 bits per heavy atom. The molecule has 0 saturated heterocycles. The molecule has 4 nitrogen and oxygen atoms in total. The summed E-state index contributed by atoms with van der Waals surface area (Å²) in [4.78, 5) is 12.7. The molecule has 25 heavy (non-hydrogen) atoms. The first-order valence-electron chi connectivity index (χ1n) is 7.14. The van der Waals surface area contributed by atoms with Crippen LogP contribution in [-0.2, 0) is 11.0 Å². The normalized spacial score (nSPS) is 11.5. The highest BCUT2D eigenvalue weighted by Gasteiger charge is 2.30. The molecule has 8 heteroatoms. The van der Waals surface area contributed by atoms with Gasteiger partial charge in [0.05, 0.1) is 11.8 Å². The van der Waals surface area contributed by atoms with Gasteiger partial charge in [0.2, 0.25) is 0 Å². The molecule has 0 fully saturated rings. The molecule has 1 N–H and O–H groups in total. The van der Waals surface area contributed by atoms with Gasteiger partial charge in [-0.3, -0.25) is 4.79 Å². The van der Waals surface area contributed by atoms with Crippen molar-refractivity contribution in [2.75, 3.05) is 12.9 Å². The lowest BCUT2D eigenvalue weighted by molar-refractivity contribution is -0.137. The Kier molecular flexibility index (Phi) is 6.46. The number of halogens is 3. The van der Waals surface area contributed by atoms with Crippen molar-refractivity contribution in [2.45, 2.75) is 11.1 Å². The second-order valence-electron chi connectivity index (χ2n) is 4.88. The van der Waals surface area contributed by atoms with Gasteiger partial charge in [-0.05, 0) is 42.2 Å². The van der Waals surface area contributed by atoms with Gasteiger partial charge < -0.3 is 4.74 Å². The van der Waals surface area contributed by atoms with Crippen LogP contribution in [0.5, 0.6) is 5.75 Å². The van der Waals surface area contributed by atoms with Crippen LogP contribution in [0.2, 0.25) is 0 Å². The minimum Gasteiger partial charge on any atom is -0.484 e. The standard InChI is InChI=1S/C17H15F3N2O2S/c1-25-15-7-5-12(6-8-15)10-21-22-16(23)11-24-14-4-2-3-13(9-14)17(18,19)20/h2-10H,11H2,1H3,(H,22,23). The molecule has 0 heterocycles. The van der Waals surface area contributed by atoms with Crippen LogP contribution >= 0.6 is 11.8 Å². The molecule has 1 amide bonds. The third kappa shape index (κ3) is 6.15. The lowest BCUT2D eigenvalue weighted by Crippen LogP contribution is -2.24. The minimum absolute atomic E-state index is 0.0402. The van der Waals surface area contributed by atoms with Crippen molar-refractivity contribution in [3.8, 4) is 5.75 Å². The third-order valence-corrected chi connectivity index (χ3v) is 3.79. The van der Waals surface area contributed by atoms with Crippen LogP contribution in [0.4, 0.5) is 13.2 Å². The third-order valence-electron chi connectivity index (χ3n) is 3.05. The first kappa shape index (κ1) is 18.9. The fourth-order valence-electron chi connectivity index (χ4n) is 1.81. The number of rotatable bonds is 6. The van der Waals surface area contributed by atoms with E-state index in [1.54, 1.807) is 11.8 Å². The van der Waals surface area contributed by atoms with Crippen LogP contribution in [-0.4, -0.2) is 25.0 Å². The summed E-state index contributed by atoms with van der Waals surface area (Å²) < 4.78 is 42.8. The summed E-state index contributed by atoms with van der Waals surface area (Å²) in [6.07, 6.45) is -1.03. The fraction of sp³-hybridized carbons (Fsp3) is 0.176. The van der Waals surface area contributed by atoms with Crippen LogP contribution < -0.4 is 10.2 Å². The molecule has 0 aromatic heterocycles. The maximum atomic E-state index is 12.6. The largest absolute Gasteiger partial charge is 0.484 e. The highest BCUT2D eigenvalue weighted by Crippen LogP contribution is 2.31. The number of hydrogen-bond donors (Lipinski definition) is 1. The number of amides is 1. The Morgan fingerprint density at radius 1 is 1.24 bits per heavy atom. The van der Waals surface area contributed by atoms with Crippen molar-refractivity contribution in [3.05, 3.63) is 59.7 Å². The topological polar surface area (TPSA) is 50.7 Å². The number of carbonyl (C=O) groups is 1. The SMILES string of the molecule is CSc1ccc(C=NNC(=O)COc2cccc(C(F)(F)F)c2)cc1. The van der Waals surface area contributed by atoms with Crippen molar-refractivity contribution in [2.24, 2.45) is 5.10 Å². The lowest BCUT2D eigenvalue weighted by Gasteiger charge is -2.09. The van der Waals surface area contributed by atoms with Gasteiger partial charge in [0.1, 0.15) is 5.75 Å². The number of hydrogen-bond acceptors (Lipinski definition) is 4. The summed E-state index contributed by atoms with van der Waals surface area (Å²) in [5.74, 6) is -0.615. The molecule has 132 valence electrons. The summed E-state index contributed by atoms with van der Waals surface area (Å²) in [6.45, 7) is -0.440. The summed E-state index contributed by atoms with van der Waals surface area (Å²) in [7, 11) is 0. The summed E-state index contributed by atoms with van der Waals surface area (Å²) in [5, 5.41) is 3.77. The number of carbonyl (C=O) groups excluding carboxylic acids is 1. The Labute approximate surface area is 147 Å². The van der Waals surface area contributed by atoms with E-state index in [9.17, 15) is 18.0 Å². The molecule has 2 aromatic carbocycles. The predicted octanol–water partition coefficient (Wildman–Crippen LogP) is 3.96. The number of ether oxygens (including phenoxy) is 1. The van der Waals surface area contributed by atoms with Gasteiger partial charge in [-0.15, -0.1) is 11.8 Å². The van der Waals surface area contributed by atoms with Crippen LogP contribution in [0.3, 0.4) is 0 Å². The molecular formula is C17H15F3N2O2S. The van der Waals surface area contributed by atoms with E-state index in [1.807, 2.05) is 30.5 Å². The zero-order valence-corrected chi connectivity index (χ0v) is 14.0. The maximum absolute atomic E-state index is 12.6. The maximum Gasteiger partial charge on any atom is 0.416 e. The fourth-order valence-corrected chi connectivity index (χ4v) is 2.22. The van der Waals surface area contributed by atoms with E-state index < -0.39 is 24.3 Å². The molecule has 2 rings (SSSR count). The van der Waals surface area contributed by atoms with Gasteiger partial charge in [0.15, 0.2) is 6.61 Å². The van der Waals surface area contributed by atoms with Crippen LogP contribution in [0.1, 0.15) is 11.1 Å². The number of thioether (sulfide) groups is 1. The average molecular weight is 368 g/mol. The summed E-state index contributed by atoms with van der Waals surface area (Å²) in [5.41, 5.74) is 2.22. The molecule has 0 radical (unpaired) electrons. The smallest absolute Gasteiger partial charge is 0.416 e. The zero-order chi connectivity index (χ0) is 18.3. The van der Waals surface area contributed by atoms with Crippen molar-refractivity contribution in [1.82, 2.24) is 5.43 Å². The molecule has 0 atom stereocenters. The Bertz CT molecular complexity index is 746. The number of alkyl halides is 3. The van der Waals surface area contributed by atoms with E-state index in [0.717, 1.165) is 22.6 Å². The van der Waals surface area contributed by atoms with E-state index in [-0.39, 0.29) is 5.75 Å². The molecule has 0 aliphatic rings. The molecule has 2 aromatic rings. The van der Waals surface area contributed by atoms with E-state index >= 15 is 0 Å². The highest BCUT2D eigenvalue weighted by molar-refractivity contribution is 7.98. The molecule has 0 bridgehead atoms. The minimum atomic E-state index is -4.46. The van der Waals surface area contributed by atoms with E-state index in [1.165, 1.54) is 18.3 Å². The van der Waals surface area contributed by atoms with Crippen LogP contribution in [0, 0.1) is 0 Å². The zero-order valence-electron chi connectivity index (χ0n) is 13.2. The first-order valence-corrected chi connectivity index (χ1v) is 8.37. The molecule has 0 spiro atoms. The average Bonchev–Trinajstić information content (AvgIpc) is 2.60.